The molecule has 3 rings (SSSR count). The van der Waals surface area contributed by atoms with Crippen molar-refractivity contribution in [1.82, 2.24) is 0 Å². The monoisotopic (exact) mass is 286 g/mol. The largest absolute Gasteiger partial charge is 0.179 e. The third-order valence-corrected chi connectivity index (χ3v) is 5.87. The Morgan fingerprint density at radius 3 is 1.89 bits per heavy atom. The Balaban J connectivity index is 2.22. The average Bonchev–Trinajstić information content (AvgIpc) is 2.44. The molecule has 0 aliphatic carbocycles. The lowest BCUT2D eigenvalue weighted by molar-refractivity contribution is 0.360. The first-order chi connectivity index (χ1) is 9.13. The summed E-state index contributed by atoms with van der Waals surface area (Å²) in [5, 5.41) is 0. The molecule has 0 atom stereocenters. The summed E-state index contributed by atoms with van der Waals surface area (Å²) in [5.74, 6) is 1.31. The predicted molar refractivity (Wildman–Crippen MR) is 86.5 cm³/mol. The molecular weight excluding hydrogens is 268 g/mol. The highest BCUT2D eigenvalue weighted by Crippen LogP contribution is 2.52. The van der Waals surface area contributed by atoms with Gasteiger partial charge in [0.1, 0.15) is 0 Å². The van der Waals surface area contributed by atoms with Crippen LogP contribution in [0.5, 0.6) is 0 Å². The SMILES string of the molecule is CC(C)(CS)C1c2ccccc2Sc2ccccc21. The normalized spacial score (nSPS) is 14.9. The van der Waals surface area contributed by atoms with Gasteiger partial charge in [0.25, 0.3) is 0 Å². The lowest BCUT2D eigenvalue weighted by Crippen LogP contribution is -2.27. The van der Waals surface area contributed by atoms with Gasteiger partial charge in [0.15, 0.2) is 0 Å². The van der Waals surface area contributed by atoms with Crippen molar-refractivity contribution in [3.63, 3.8) is 0 Å². The standard InChI is InChI=1S/C17H18S2/c1-17(2,11-18)16-12-7-3-5-9-14(12)19-15-10-6-4-8-13(15)16/h3-10,16,18H,11H2,1-2H3. The molecule has 19 heavy (non-hydrogen) atoms. The molecule has 0 bridgehead atoms. The first-order valence-electron chi connectivity index (χ1n) is 6.60. The quantitative estimate of drug-likeness (QED) is 0.737. The summed E-state index contributed by atoms with van der Waals surface area (Å²) in [5.41, 5.74) is 3.05. The average molecular weight is 286 g/mol. The molecule has 0 N–H and O–H groups in total. The molecule has 98 valence electrons. The Labute approximate surface area is 125 Å². The van der Waals surface area contributed by atoms with Crippen molar-refractivity contribution in [2.24, 2.45) is 5.41 Å². The number of hydrogen-bond acceptors (Lipinski definition) is 2. The zero-order chi connectivity index (χ0) is 13.5. The van der Waals surface area contributed by atoms with Crippen LogP contribution in [0.1, 0.15) is 30.9 Å². The molecule has 0 saturated heterocycles. The molecule has 0 spiro atoms. The summed E-state index contributed by atoms with van der Waals surface area (Å²) in [6.45, 7) is 4.63. The number of benzene rings is 2. The minimum atomic E-state index is 0.149. The van der Waals surface area contributed by atoms with Crippen molar-refractivity contribution in [2.75, 3.05) is 5.75 Å². The van der Waals surface area contributed by atoms with E-state index >= 15 is 0 Å². The Morgan fingerprint density at radius 2 is 1.42 bits per heavy atom. The smallest absolute Gasteiger partial charge is 0.0171 e. The van der Waals surface area contributed by atoms with Gasteiger partial charge >= 0.3 is 0 Å². The number of fused-ring (bicyclic) bond motifs is 2. The molecule has 0 radical (unpaired) electrons. The van der Waals surface area contributed by atoms with Crippen LogP contribution in [0.4, 0.5) is 0 Å². The Bertz CT molecular complexity index is 556. The van der Waals surface area contributed by atoms with Crippen molar-refractivity contribution in [1.29, 1.82) is 0 Å². The van der Waals surface area contributed by atoms with Crippen LogP contribution in [0, 0.1) is 5.41 Å². The molecule has 0 fully saturated rings. The van der Waals surface area contributed by atoms with Crippen molar-refractivity contribution in [3.05, 3.63) is 59.7 Å². The van der Waals surface area contributed by atoms with Crippen molar-refractivity contribution < 1.29 is 0 Å². The van der Waals surface area contributed by atoms with Crippen LogP contribution < -0.4 is 0 Å². The summed E-state index contributed by atoms with van der Waals surface area (Å²) < 4.78 is 0. The zero-order valence-electron chi connectivity index (χ0n) is 11.3. The van der Waals surface area contributed by atoms with Crippen LogP contribution in [-0.4, -0.2) is 5.75 Å². The molecule has 2 aromatic carbocycles. The topological polar surface area (TPSA) is 0 Å². The fourth-order valence-corrected chi connectivity index (χ4v) is 4.16. The molecule has 0 saturated carbocycles. The van der Waals surface area contributed by atoms with Gasteiger partial charge in [-0.25, -0.2) is 0 Å². The van der Waals surface area contributed by atoms with Crippen LogP contribution in [0.15, 0.2) is 58.3 Å². The number of thiol groups is 1. The van der Waals surface area contributed by atoms with Gasteiger partial charge in [-0.15, -0.1) is 0 Å². The van der Waals surface area contributed by atoms with E-state index in [9.17, 15) is 0 Å². The minimum Gasteiger partial charge on any atom is -0.179 e. The third-order valence-electron chi connectivity index (χ3n) is 3.87. The molecule has 0 aromatic heterocycles. The van der Waals surface area contributed by atoms with E-state index in [2.05, 4.69) is 75.0 Å². The highest BCUT2D eigenvalue weighted by molar-refractivity contribution is 7.99. The second kappa shape index (κ2) is 4.92. The molecule has 2 aromatic rings. The summed E-state index contributed by atoms with van der Waals surface area (Å²) in [6, 6.07) is 17.6. The van der Waals surface area contributed by atoms with Gasteiger partial charge in [-0.1, -0.05) is 62.0 Å². The highest BCUT2D eigenvalue weighted by Gasteiger charge is 2.36. The van der Waals surface area contributed by atoms with E-state index in [0.717, 1.165) is 5.75 Å². The van der Waals surface area contributed by atoms with Crippen molar-refractivity contribution in [2.45, 2.75) is 29.6 Å². The second-order valence-corrected chi connectivity index (χ2v) is 7.16. The summed E-state index contributed by atoms with van der Waals surface area (Å²) in [7, 11) is 0. The van der Waals surface area contributed by atoms with E-state index in [1.54, 1.807) is 0 Å². The Morgan fingerprint density at radius 1 is 0.947 bits per heavy atom. The number of rotatable bonds is 2. The number of hydrogen-bond donors (Lipinski definition) is 1. The van der Waals surface area contributed by atoms with E-state index < -0.39 is 0 Å². The van der Waals surface area contributed by atoms with Gasteiger partial charge in [-0.3, -0.25) is 0 Å². The first kappa shape index (κ1) is 13.1. The Hall–Kier alpha value is -0.860. The molecule has 2 heteroatoms. The molecule has 1 heterocycles. The molecule has 1 aliphatic rings. The van der Waals surface area contributed by atoms with Crippen LogP contribution in [0.25, 0.3) is 0 Å². The van der Waals surface area contributed by atoms with E-state index in [1.165, 1.54) is 20.9 Å². The zero-order valence-corrected chi connectivity index (χ0v) is 13.0. The predicted octanol–water partition coefficient (Wildman–Crippen LogP) is 5.24. The van der Waals surface area contributed by atoms with Gasteiger partial charge in [0.05, 0.1) is 0 Å². The minimum absolute atomic E-state index is 0.149. The van der Waals surface area contributed by atoms with Gasteiger partial charge in [-0.2, -0.15) is 12.6 Å². The maximum Gasteiger partial charge on any atom is 0.0171 e. The summed E-state index contributed by atoms with van der Waals surface area (Å²) >= 11 is 6.48. The van der Waals surface area contributed by atoms with Gasteiger partial charge < -0.3 is 0 Å². The first-order valence-corrected chi connectivity index (χ1v) is 8.05. The molecule has 0 nitrogen and oxygen atoms in total. The van der Waals surface area contributed by atoms with Gasteiger partial charge in [0, 0.05) is 15.7 Å². The van der Waals surface area contributed by atoms with Crippen molar-refractivity contribution >= 4 is 24.4 Å². The maximum absolute atomic E-state index is 4.59. The molecular formula is C17H18S2. The Kier molecular flexibility index (Phi) is 3.40. The lowest BCUT2D eigenvalue weighted by atomic mass is 9.72. The van der Waals surface area contributed by atoms with Crippen LogP contribution in [0.3, 0.4) is 0 Å². The fraction of sp³-hybridized carbons (Fsp3) is 0.294. The van der Waals surface area contributed by atoms with E-state index in [0.29, 0.717) is 5.92 Å². The highest BCUT2D eigenvalue weighted by atomic mass is 32.2. The van der Waals surface area contributed by atoms with E-state index in [4.69, 9.17) is 0 Å². The van der Waals surface area contributed by atoms with Crippen molar-refractivity contribution in [3.8, 4) is 0 Å². The summed E-state index contributed by atoms with van der Waals surface area (Å²) in [6.07, 6.45) is 0. The van der Waals surface area contributed by atoms with Crippen LogP contribution in [-0.2, 0) is 0 Å². The fourth-order valence-electron chi connectivity index (χ4n) is 2.84. The second-order valence-electron chi connectivity index (χ2n) is 5.76. The van der Waals surface area contributed by atoms with Crippen LogP contribution in [0.2, 0.25) is 0 Å². The maximum atomic E-state index is 4.59. The molecule has 1 aliphatic heterocycles. The lowest BCUT2D eigenvalue weighted by Gasteiger charge is -2.38. The molecule has 0 amide bonds. The third kappa shape index (κ3) is 2.21. The van der Waals surface area contributed by atoms with E-state index in [-0.39, 0.29) is 5.41 Å². The van der Waals surface area contributed by atoms with Gasteiger partial charge in [0.2, 0.25) is 0 Å². The van der Waals surface area contributed by atoms with Crippen LogP contribution >= 0.6 is 24.4 Å². The molecule has 0 unspecified atom stereocenters. The van der Waals surface area contributed by atoms with Gasteiger partial charge in [-0.05, 0) is 34.4 Å². The van der Waals surface area contributed by atoms with E-state index in [1.807, 2.05) is 11.8 Å². The summed E-state index contributed by atoms with van der Waals surface area (Å²) in [4.78, 5) is 2.78.